The second-order valence-electron chi connectivity index (χ2n) is 5.40. The molecule has 4 heteroatoms. The summed E-state index contributed by atoms with van der Waals surface area (Å²) in [4.78, 5) is 0. The highest BCUT2D eigenvalue weighted by molar-refractivity contribution is 4.82. The van der Waals surface area contributed by atoms with E-state index in [-0.39, 0.29) is 12.1 Å². The minimum absolute atomic E-state index is 0.0910. The maximum Gasteiger partial charge on any atom is 0.0897 e. The molecule has 0 bridgehead atoms. The quantitative estimate of drug-likeness (QED) is 0.535. The van der Waals surface area contributed by atoms with Gasteiger partial charge in [0.15, 0.2) is 0 Å². The van der Waals surface area contributed by atoms with Crippen molar-refractivity contribution in [1.29, 1.82) is 0 Å². The lowest BCUT2D eigenvalue weighted by Gasteiger charge is -2.30. The molecule has 1 aliphatic carbocycles. The Labute approximate surface area is 104 Å². The van der Waals surface area contributed by atoms with Crippen molar-refractivity contribution < 1.29 is 14.9 Å². The zero-order valence-corrected chi connectivity index (χ0v) is 11.1. The van der Waals surface area contributed by atoms with Crippen LogP contribution in [0, 0.1) is 5.92 Å². The standard InChI is InChI=1S/C13H27NO3/c1-3-13(2,6-7-15)14-8-12(16)10-17-9-11-4-5-11/h11-12,14-16H,3-10H2,1-2H3. The van der Waals surface area contributed by atoms with Crippen LogP contribution in [0.1, 0.15) is 39.5 Å². The Hall–Kier alpha value is -0.160. The summed E-state index contributed by atoms with van der Waals surface area (Å²) in [6.45, 7) is 6.04. The Morgan fingerprint density at radius 2 is 2.18 bits per heavy atom. The molecular formula is C13H27NO3. The molecule has 0 amide bonds. The van der Waals surface area contributed by atoms with Gasteiger partial charge >= 0.3 is 0 Å². The van der Waals surface area contributed by atoms with Crippen LogP contribution in [0.3, 0.4) is 0 Å². The van der Waals surface area contributed by atoms with E-state index in [0.29, 0.717) is 19.6 Å². The first-order valence-electron chi connectivity index (χ1n) is 6.71. The number of hydrogen-bond acceptors (Lipinski definition) is 4. The third kappa shape index (κ3) is 6.36. The summed E-state index contributed by atoms with van der Waals surface area (Å²) in [7, 11) is 0. The Morgan fingerprint density at radius 1 is 1.47 bits per heavy atom. The van der Waals surface area contributed by atoms with Gasteiger partial charge in [-0.2, -0.15) is 0 Å². The minimum atomic E-state index is -0.460. The molecule has 2 unspecified atom stereocenters. The molecule has 0 aromatic heterocycles. The molecule has 0 aromatic rings. The fourth-order valence-electron chi connectivity index (χ4n) is 1.72. The Kier molecular flexibility index (Phi) is 6.41. The molecule has 1 rings (SSSR count). The third-order valence-electron chi connectivity index (χ3n) is 3.57. The molecule has 0 aliphatic heterocycles. The zero-order chi connectivity index (χ0) is 12.7. The maximum atomic E-state index is 9.76. The maximum absolute atomic E-state index is 9.76. The summed E-state index contributed by atoms with van der Waals surface area (Å²) < 4.78 is 5.44. The topological polar surface area (TPSA) is 61.7 Å². The van der Waals surface area contributed by atoms with Gasteiger partial charge in [-0.3, -0.25) is 0 Å². The predicted molar refractivity (Wildman–Crippen MR) is 68.0 cm³/mol. The molecular weight excluding hydrogens is 218 g/mol. The molecule has 3 N–H and O–H groups in total. The number of rotatable bonds is 10. The van der Waals surface area contributed by atoms with Gasteiger partial charge < -0.3 is 20.3 Å². The van der Waals surface area contributed by atoms with Crippen LogP contribution in [0.4, 0.5) is 0 Å². The Balaban J connectivity index is 2.09. The van der Waals surface area contributed by atoms with Crippen molar-refractivity contribution in [3.8, 4) is 0 Å². The van der Waals surface area contributed by atoms with Gasteiger partial charge in [0.05, 0.1) is 12.7 Å². The number of aliphatic hydroxyl groups is 2. The molecule has 0 heterocycles. The van der Waals surface area contributed by atoms with Crippen LogP contribution in [-0.4, -0.2) is 48.2 Å². The van der Waals surface area contributed by atoms with E-state index in [2.05, 4.69) is 19.2 Å². The lowest BCUT2D eigenvalue weighted by Crippen LogP contribution is -2.46. The minimum Gasteiger partial charge on any atom is -0.396 e. The summed E-state index contributed by atoms with van der Waals surface area (Å²) in [5, 5.41) is 22.1. The fraction of sp³-hybridized carbons (Fsp3) is 1.00. The van der Waals surface area contributed by atoms with Crippen LogP contribution >= 0.6 is 0 Å². The Bertz CT molecular complexity index is 209. The second kappa shape index (κ2) is 7.31. The molecule has 0 spiro atoms. The van der Waals surface area contributed by atoms with Crippen molar-refractivity contribution >= 4 is 0 Å². The normalized spacial score (nSPS) is 21.2. The summed E-state index contributed by atoms with van der Waals surface area (Å²) >= 11 is 0. The molecule has 1 fully saturated rings. The molecule has 2 atom stereocenters. The van der Waals surface area contributed by atoms with Gasteiger partial charge in [0, 0.05) is 25.3 Å². The molecule has 1 saturated carbocycles. The SMILES string of the molecule is CCC(C)(CCO)NCC(O)COCC1CC1. The van der Waals surface area contributed by atoms with E-state index in [9.17, 15) is 5.11 Å². The number of nitrogens with one attached hydrogen (secondary N) is 1. The van der Waals surface area contributed by atoms with Crippen LogP contribution in [0.5, 0.6) is 0 Å². The molecule has 0 saturated heterocycles. The lowest BCUT2D eigenvalue weighted by molar-refractivity contribution is 0.0277. The summed E-state index contributed by atoms with van der Waals surface area (Å²) in [6.07, 6.45) is 3.73. The van der Waals surface area contributed by atoms with Crippen molar-refractivity contribution in [2.45, 2.75) is 51.2 Å². The summed E-state index contributed by atoms with van der Waals surface area (Å²) in [5.41, 5.74) is -0.0910. The molecule has 4 nitrogen and oxygen atoms in total. The molecule has 0 radical (unpaired) electrons. The van der Waals surface area contributed by atoms with Crippen molar-refractivity contribution in [3.05, 3.63) is 0 Å². The van der Waals surface area contributed by atoms with E-state index in [4.69, 9.17) is 9.84 Å². The fourth-order valence-corrected chi connectivity index (χ4v) is 1.72. The molecule has 17 heavy (non-hydrogen) atoms. The van der Waals surface area contributed by atoms with Crippen molar-refractivity contribution in [2.75, 3.05) is 26.4 Å². The zero-order valence-electron chi connectivity index (χ0n) is 11.1. The smallest absolute Gasteiger partial charge is 0.0897 e. The van der Waals surface area contributed by atoms with Crippen LogP contribution < -0.4 is 5.32 Å². The van der Waals surface area contributed by atoms with Gasteiger partial charge in [0.25, 0.3) is 0 Å². The van der Waals surface area contributed by atoms with E-state index in [1.807, 2.05) is 0 Å². The van der Waals surface area contributed by atoms with Crippen LogP contribution in [0.15, 0.2) is 0 Å². The highest BCUT2D eigenvalue weighted by Crippen LogP contribution is 2.28. The number of β-amino-alcohol motifs (C(OH)–C–C–N with tert-alkyl or cyclic N) is 1. The first-order chi connectivity index (χ1) is 8.09. The molecule has 102 valence electrons. The van der Waals surface area contributed by atoms with Crippen molar-refractivity contribution in [3.63, 3.8) is 0 Å². The Morgan fingerprint density at radius 3 is 2.71 bits per heavy atom. The van der Waals surface area contributed by atoms with Gasteiger partial charge in [-0.1, -0.05) is 6.92 Å². The number of aliphatic hydroxyl groups excluding tert-OH is 2. The van der Waals surface area contributed by atoms with E-state index >= 15 is 0 Å². The molecule has 0 aromatic carbocycles. The number of ether oxygens (including phenoxy) is 1. The van der Waals surface area contributed by atoms with Gasteiger partial charge in [0.2, 0.25) is 0 Å². The van der Waals surface area contributed by atoms with Gasteiger partial charge in [0.1, 0.15) is 0 Å². The predicted octanol–water partition coefficient (Wildman–Crippen LogP) is 0.915. The van der Waals surface area contributed by atoms with Crippen molar-refractivity contribution in [2.24, 2.45) is 5.92 Å². The highest BCUT2D eigenvalue weighted by atomic mass is 16.5. The van der Waals surface area contributed by atoms with E-state index in [1.165, 1.54) is 12.8 Å². The van der Waals surface area contributed by atoms with Gasteiger partial charge in [-0.15, -0.1) is 0 Å². The van der Waals surface area contributed by atoms with E-state index < -0.39 is 6.10 Å². The summed E-state index contributed by atoms with van der Waals surface area (Å²) in [6, 6.07) is 0. The van der Waals surface area contributed by atoms with Crippen LogP contribution in [0.2, 0.25) is 0 Å². The first kappa shape index (κ1) is 14.9. The third-order valence-corrected chi connectivity index (χ3v) is 3.57. The van der Waals surface area contributed by atoms with Crippen LogP contribution in [-0.2, 0) is 4.74 Å². The van der Waals surface area contributed by atoms with E-state index in [0.717, 1.165) is 18.9 Å². The van der Waals surface area contributed by atoms with Gasteiger partial charge in [-0.05, 0) is 38.5 Å². The van der Waals surface area contributed by atoms with Gasteiger partial charge in [-0.25, -0.2) is 0 Å². The van der Waals surface area contributed by atoms with E-state index in [1.54, 1.807) is 0 Å². The lowest BCUT2D eigenvalue weighted by atomic mass is 9.95. The number of hydrogen-bond donors (Lipinski definition) is 3. The second-order valence-corrected chi connectivity index (χ2v) is 5.40. The monoisotopic (exact) mass is 245 g/mol. The average molecular weight is 245 g/mol. The van der Waals surface area contributed by atoms with Crippen molar-refractivity contribution in [1.82, 2.24) is 5.32 Å². The van der Waals surface area contributed by atoms with Crippen LogP contribution in [0.25, 0.3) is 0 Å². The summed E-state index contributed by atoms with van der Waals surface area (Å²) in [5.74, 6) is 0.741. The molecule has 1 aliphatic rings. The largest absolute Gasteiger partial charge is 0.396 e. The average Bonchev–Trinajstić information content (AvgIpc) is 3.11. The first-order valence-corrected chi connectivity index (χ1v) is 6.71. The highest BCUT2D eigenvalue weighted by Gasteiger charge is 2.23.